The summed E-state index contributed by atoms with van der Waals surface area (Å²) in [5.41, 5.74) is 0. The predicted molar refractivity (Wildman–Crippen MR) is 80.0 cm³/mol. The standard InChI is InChI=1S/C11H19BrN4S/c1-4-8(7-17-3)15-10-9(12)6-14-11(16-10)13-5-2/h6,8H,4-5,7H2,1-3H3,(H2,13,14,15,16). The highest BCUT2D eigenvalue weighted by Gasteiger charge is 2.10. The molecule has 4 nitrogen and oxygen atoms in total. The van der Waals surface area contributed by atoms with E-state index in [1.165, 1.54) is 0 Å². The summed E-state index contributed by atoms with van der Waals surface area (Å²) in [5.74, 6) is 2.60. The second-order valence-corrected chi connectivity index (χ2v) is 5.39. The maximum Gasteiger partial charge on any atom is 0.224 e. The van der Waals surface area contributed by atoms with E-state index in [1.807, 2.05) is 18.7 Å². The molecule has 1 aromatic heterocycles. The molecule has 0 amide bonds. The van der Waals surface area contributed by atoms with Gasteiger partial charge in [0.05, 0.1) is 4.47 Å². The third kappa shape index (κ3) is 4.71. The molecular formula is C11H19BrN4S. The van der Waals surface area contributed by atoms with Gasteiger partial charge in [-0.05, 0) is 35.5 Å². The number of hydrogen-bond donors (Lipinski definition) is 2. The van der Waals surface area contributed by atoms with Crippen molar-refractivity contribution in [2.75, 3.05) is 29.2 Å². The molecule has 1 heterocycles. The van der Waals surface area contributed by atoms with Gasteiger partial charge in [-0.25, -0.2) is 4.98 Å². The highest BCUT2D eigenvalue weighted by Crippen LogP contribution is 2.22. The van der Waals surface area contributed by atoms with Crippen molar-refractivity contribution in [1.82, 2.24) is 9.97 Å². The zero-order valence-corrected chi connectivity index (χ0v) is 12.9. The molecule has 0 bridgehead atoms. The second kappa shape index (κ2) is 7.76. The van der Waals surface area contributed by atoms with E-state index < -0.39 is 0 Å². The van der Waals surface area contributed by atoms with Gasteiger partial charge in [0.15, 0.2) is 0 Å². The van der Waals surface area contributed by atoms with Crippen molar-refractivity contribution in [3.05, 3.63) is 10.7 Å². The molecule has 2 N–H and O–H groups in total. The third-order valence-electron chi connectivity index (χ3n) is 2.28. The summed E-state index contributed by atoms with van der Waals surface area (Å²) in [7, 11) is 0. The lowest BCUT2D eigenvalue weighted by Crippen LogP contribution is -2.22. The van der Waals surface area contributed by atoms with Crippen molar-refractivity contribution < 1.29 is 0 Å². The van der Waals surface area contributed by atoms with Crippen LogP contribution in [-0.2, 0) is 0 Å². The molecular weight excluding hydrogens is 300 g/mol. The Morgan fingerprint density at radius 3 is 2.82 bits per heavy atom. The number of thioether (sulfide) groups is 1. The molecule has 0 radical (unpaired) electrons. The Balaban J connectivity index is 2.76. The van der Waals surface area contributed by atoms with Crippen LogP contribution in [0.25, 0.3) is 0 Å². The van der Waals surface area contributed by atoms with Gasteiger partial charge in [0, 0.05) is 24.5 Å². The predicted octanol–water partition coefficient (Wildman–Crippen LogP) is 3.22. The molecule has 0 spiro atoms. The minimum atomic E-state index is 0.436. The van der Waals surface area contributed by atoms with Gasteiger partial charge in [-0.2, -0.15) is 16.7 Å². The van der Waals surface area contributed by atoms with Crippen molar-refractivity contribution in [2.24, 2.45) is 0 Å². The van der Waals surface area contributed by atoms with Crippen molar-refractivity contribution in [2.45, 2.75) is 26.3 Å². The highest BCUT2D eigenvalue weighted by atomic mass is 79.9. The molecule has 0 aromatic carbocycles. The van der Waals surface area contributed by atoms with Gasteiger partial charge in [0.1, 0.15) is 5.82 Å². The van der Waals surface area contributed by atoms with Gasteiger partial charge in [0.2, 0.25) is 5.95 Å². The Bertz CT molecular complexity index is 348. The van der Waals surface area contributed by atoms with Crippen LogP contribution < -0.4 is 10.6 Å². The first-order valence-corrected chi connectivity index (χ1v) is 7.91. The average molecular weight is 319 g/mol. The number of anilines is 2. The van der Waals surface area contributed by atoms with Gasteiger partial charge >= 0.3 is 0 Å². The fraction of sp³-hybridized carbons (Fsp3) is 0.636. The molecule has 0 aliphatic carbocycles. The van der Waals surface area contributed by atoms with Gasteiger partial charge in [-0.15, -0.1) is 0 Å². The summed E-state index contributed by atoms with van der Waals surface area (Å²) in [4.78, 5) is 8.64. The Morgan fingerprint density at radius 2 is 2.24 bits per heavy atom. The van der Waals surface area contributed by atoms with E-state index in [0.29, 0.717) is 12.0 Å². The number of rotatable bonds is 7. The number of hydrogen-bond acceptors (Lipinski definition) is 5. The molecule has 96 valence electrons. The van der Waals surface area contributed by atoms with Gasteiger partial charge in [0.25, 0.3) is 0 Å². The molecule has 0 fully saturated rings. The van der Waals surface area contributed by atoms with Crippen LogP contribution >= 0.6 is 27.7 Å². The van der Waals surface area contributed by atoms with Crippen LogP contribution in [0, 0.1) is 0 Å². The molecule has 1 aromatic rings. The molecule has 1 rings (SSSR count). The molecule has 17 heavy (non-hydrogen) atoms. The zero-order chi connectivity index (χ0) is 12.7. The number of aromatic nitrogens is 2. The average Bonchev–Trinajstić information content (AvgIpc) is 2.33. The van der Waals surface area contributed by atoms with E-state index in [2.05, 4.69) is 49.7 Å². The topological polar surface area (TPSA) is 49.8 Å². The second-order valence-electron chi connectivity index (χ2n) is 3.63. The maximum atomic E-state index is 4.44. The summed E-state index contributed by atoms with van der Waals surface area (Å²) in [6.07, 6.45) is 4.97. The van der Waals surface area contributed by atoms with Crippen molar-refractivity contribution in [3.8, 4) is 0 Å². The summed E-state index contributed by atoms with van der Waals surface area (Å²) >= 11 is 5.31. The molecule has 1 atom stereocenters. The SMILES string of the molecule is CCNc1ncc(Br)c(NC(CC)CSC)n1. The van der Waals surface area contributed by atoms with Gasteiger partial charge in [-0.1, -0.05) is 6.92 Å². The fourth-order valence-corrected chi connectivity index (χ4v) is 2.39. The minimum Gasteiger partial charge on any atom is -0.365 e. The number of nitrogens with zero attached hydrogens (tertiary/aromatic N) is 2. The third-order valence-corrected chi connectivity index (χ3v) is 3.60. The fourth-order valence-electron chi connectivity index (χ4n) is 1.37. The van der Waals surface area contributed by atoms with E-state index >= 15 is 0 Å². The largest absolute Gasteiger partial charge is 0.365 e. The van der Waals surface area contributed by atoms with Gasteiger partial charge < -0.3 is 10.6 Å². The molecule has 0 saturated carbocycles. The van der Waals surface area contributed by atoms with E-state index in [9.17, 15) is 0 Å². The molecule has 6 heteroatoms. The first kappa shape index (κ1) is 14.6. The first-order chi connectivity index (χ1) is 8.21. The molecule has 0 saturated heterocycles. The summed E-state index contributed by atoms with van der Waals surface area (Å²) in [5, 5.41) is 6.55. The van der Waals surface area contributed by atoms with Crippen LogP contribution in [0.4, 0.5) is 11.8 Å². The summed E-state index contributed by atoms with van der Waals surface area (Å²) in [6, 6.07) is 0.436. The Kier molecular flexibility index (Phi) is 6.65. The van der Waals surface area contributed by atoms with Crippen molar-refractivity contribution in [1.29, 1.82) is 0 Å². The first-order valence-electron chi connectivity index (χ1n) is 5.73. The van der Waals surface area contributed by atoms with E-state index in [-0.39, 0.29) is 0 Å². The molecule has 0 aliphatic heterocycles. The molecule has 0 aliphatic rings. The van der Waals surface area contributed by atoms with Crippen molar-refractivity contribution in [3.63, 3.8) is 0 Å². The smallest absolute Gasteiger partial charge is 0.224 e. The minimum absolute atomic E-state index is 0.436. The van der Waals surface area contributed by atoms with Gasteiger partial charge in [-0.3, -0.25) is 0 Å². The van der Waals surface area contributed by atoms with Crippen LogP contribution in [0.3, 0.4) is 0 Å². The lowest BCUT2D eigenvalue weighted by Gasteiger charge is -2.17. The Hall–Kier alpha value is -0.490. The normalized spacial score (nSPS) is 12.2. The monoisotopic (exact) mass is 318 g/mol. The highest BCUT2D eigenvalue weighted by molar-refractivity contribution is 9.10. The van der Waals surface area contributed by atoms with Crippen molar-refractivity contribution >= 4 is 39.5 Å². The van der Waals surface area contributed by atoms with Crippen LogP contribution in [-0.4, -0.2) is 34.6 Å². The van der Waals surface area contributed by atoms with E-state index in [1.54, 1.807) is 6.20 Å². The number of nitrogens with one attached hydrogen (secondary N) is 2. The number of halogens is 1. The Morgan fingerprint density at radius 1 is 1.47 bits per heavy atom. The van der Waals surface area contributed by atoms with Crippen LogP contribution in [0.15, 0.2) is 10.7 Å². The summed E-state index contributed by atoms with van der Waals surface area (Å²) < 4.78 is 0.902. The Labute approximate surface area is 116 Å². The van der Waals surface area contributed by atoms with E-state index in [4.69, 9.17) is 0 Å². The van der Waals surface area contributed by atoms with Crippen LogP contribution in [0.5, 0.6) is 0 Å². The van der Waals surface area contributed by atoms with Crippen LogP contribution in [0.2, 0.25) is 0 Å². The summed E-state index contributed by atoms with van der Waals surface area (Å²) in [6.45, 7) is 5.03. The quantitative estimate of drug-likeness (QED) is 0.808. The lowest BCUT2D eigenvalue weighted by molar-refractivity contribution is 0.768. The van der Waals surface area contributed by atoms with E-state index in [0.717, 1.165) is 29.0 Å². The maximum absolute atomic E-state index is 4.44. The molecule has 1 unspecified atom stereocenters. The lowest BCUT2D eigenvalue weighted by atomic mass is 10.2. The zero-order valence-electron chi connectivity index (χ0n) is 10.5. The van der Waals surface area contributed by atoms with Crippen LogP contribution in [0.1, 0.15) is 20.3 Å².